The van der Waals surface area contributed by atoms with Gasteiger partial charge in [-0.05, 0) is 33.1 Å². The molecule has 0 radical (unpaired) electrons. The van der Waals surface area contributed by atoms with Gasteiger partial charge in [0.25, 0.3) is 0 Å². The third-order valence-corrected chi connectivity index (χ3v) is 4.13. The molecule has 2 aliphatic rings. The fourth-order valence-corrected chi connectivity index (χ4v) is 3.20. The van der Waals surface area contributed by atoms with Gasteiger partial charge in [-0.2, -0.15) is 0 Å². The lowest BCUT2D eigenvalue weighted by molar-refractivity contribution is -0.142. The number of aromatic nitrogens is 2. The van der Waals surface area contributed by atoms with E-state index >= 15 is 0 Å². The third kappa shape index (κ3) is 3.04. The van der Waals surface area contributed by atoms with Gasteiger partial charge in [-0.15, -0.1) is 0 Å². The van der Waals surface area contributed by atoms with Gasteiger partial charge in [0.15, 0.2) is 5.82 Å². The Balaban J connectivity index is 1.64. The predicted molar refractivity (Wildman–Crippen MR) is 78.9 cm³/mol. The zero-order chi connectivity index (χ0) is 15.7. The molecule has 0 saturated carbocycles. The van der Waals surface area contributed by atoms with Crippen LogP contribution in [-0.4, -0.2) is 46.7 Å². The highest BCUT2D eigenvalue weighted by Crippen LogP contribution is 2.33. The first-order valence-electron chi connectivity index (χ1n) is 7.74. The second kappa shape index (κ2) is 6.16. The van der Waals surface area contributed by atoms with Crippen molar-refractivity contribution in [3.05, 3.63) is 18.2 Å². The number of ether oxygens (including phenoxy) is 1. The first-order chi connectivity index (χ1) is 10.5. The van der Waals surface area contributed by atoms with Crippen molar-refractivity contribution in [1.82, 2.24) is 15.3 Å². The summed E-state index contributed by atoms with van der Waals surface area (Å²) in [6, 6.07) is 0.273. The molecule has 2 saturated heterocycles. The van der Waals surface area contributed by atoms with Crippen LogP contribution >= 0.6 is 0 Å². The smallest absolute Gasteiger partial charge is 0.249 e. The van der Waals surface area contributed by atoms with Gasteiger partial charge >= 0.3 is 0 Å². The summed E-state index contributed by atoms with van der Waals surface area (Å²) in [7, 11) is 0. The normalized spacial score (nSPS) is 27.8. The van der Waals surface area contributed by atoms with Crippen molar-refractivity contribution in [3.63, 3.8) is 0 Å². The summed E-state index contributed by atoms with van der Waals surface area (Å²) >= 11 is 0. The van der Waals surface area contributed by atoms with Crippen molar-refractivity contribution >= 4 is 11.9 Å². The van der Waals surface area contributed by atoms with Crippen molar-refractivity contribution in [2.45, 2.75) is 57.4 Å². The minimum absolute atomic E-state index is 0.00492. The Bertz CT molecular complexity index is 537. The number of hydrogen-bond donors (Lipinski definition) is 1. The molecule has 6 nitrogen and oxygen atoms in total. The lowest BCUT2D eigenvalue weighted by Crippen LogP contribution is -2.49. The monoisotopic (exact) mass is 308 g/mol. The van der Waals surface area contributed by atoms with Crippen LogP contribution in [0.3, 0.4) is 0 Å². The summed E-state index contributed by atoms with van der Waals surface area (Å²) in [6.45, 7) is 4.64. The van der Waals surface area contributed by atoms with Crippen LogP contribution in [0.25, 0.3) is 0 Å². The molecule has 0 aliphatic carbocycles. The molecule has 3 rings (SSSR count). The zero-order valence-corrected chi connectivity index (χ0v) is 12.8. The van der Waals surface area contributed by atoms with E-state index in [0.29, 0.717) is 12.4 Å². The Labute approximate surface area is 129 Å². The van der Waals surface area contributed by atoms with Crippen LogP contribution < -0.4 is 10.2 Å². The van der Waals surface area contributed by atoms with E-state index < -0.39 is 5.82 Å². The molecule has 1 amide bonds. The summed E-state index contributed by atoms with van der Waals surface area (Å²) in [6.07, 6.45) is 4.34. The topological polar surface area (TPSA) is 67.4 Å². The molecule has 0 unspecified atom stereocenters. The molecule has 0 aromatic carbocycles. The zero-order valence-electron chi connectivity index (χ0n) is 12.8. The maximum Gasteiger partial charge on any atom is 0.249 e. The lowest BCUT2D eigenvalue weighted by Gasteiger charge is -2.35. The number of nitrogens with one attached hydrogen (secondary N) is 1. The number of anilines is 1. The number of carbonyl (C=O) groups excluding carboxylic acids is 1. The Morgan fingerprint density at radius 2 is 2.09 bits per heavy atom. The molecule has 120 valence electrons. The van der Waals surface area contributed by atoms with Gasteiger partial charge in [-0.25, -0.2) is 14.4 Å². The minimum atomic E-state index is -0.440. The maximum atomic E-state index is 12.9. The van der Waals surface area contributed by atoms with Crippen LogP contribution in [0.5, 0.6) is 0 Å². The summed E-state index contributed by atoms with van der Waals surface area (Å²) in [5.41, 5.74) is 0. The number of fused-ring (bicyclic) bond motifs is 1. The van der Waals surface area contributed by atoms with Gasteiger partial charge in [0.05, 0.1) is 24.5 Å². The van der Waals surface area contributed by atoms with Gasteiger partial charge < -0.3 is 15.0 Å². The van der Waals surface area contributed by atoms with Crippen molar-refractivity contribution in [1.29, 1.82) is 0 Å². The highest BCUT2D eigenvalue weighted by atomic mass is 19.1. The summed E-state index contributed by atoms with van der Waals surface area (Å²) in [4.78, 5) is 22.2. The fourth-order valence-electron chi connectivity index (χ4n) is 3.20. The molecule has 7 heteroatoms. The predicted octanol–water partition coefficient (Wildman–Crippen LogP) is 1.27. The minimum Gasteiger partial charge on any atom is -0.363 e. The van der Waals surface area contributed by atoms with Crippen LogP contribution in [0.1, 0.15) is 33.1 Å². The van der Waals surface area contributed by atoms with Gasteiger partial charge in [-0.1, -0.05) is 0 Å². The van der Waals surface area contributed by atoms with E-state index in [9.17, 15) is 9.18 Å². The van der Waals surface area contributed by atoms with E-state index in [1.165, 1.54) is 12.4 Å². The van der Waals surface area contributed by atoms with Crippen LogP contribution in [0, 0.1) is 5.82 Å². The van der Waals surface area contributed by atoms with Gasteiger partial charge in [0, 0.05) is 12.6 Å². The quantitative estimate of drug-likeness (QED) is 0.911. The largest absolute Gasteiger partial charge is 0.363 e. The molecule has 2 fully saturated rings. The Morgan fingerprint density at radius 3 is 2.77 bits per heavy atom. The third-order valence-electron chi connectivity index (χ3n) is 4.13. The highest BCUT2D eigenvalue weighted by molar-refractivity contribution is 5.81. The van der Waals surface area contributed by atoms with E-state index in [4.69, 9.17) is 4.74 Å². The van der Waals surface area contributed by atoms with E-state index in [0.717, 1.165) is 19.4 Å². The molecule has 1 N–H and O–H groups in total. The number of carbonyl (C=O) groups is 1. The first-order valence-corrected chi connectivity index (χ1v) is 7.74. The van der Waals surface area contributed by atoms with Crippen LogP contribution in [0.2, 0.25) is 0 Å². The van der Waals surface area contributed by atoms with Crippen molar-refractivity contribution in [3.8, 4) is 0 Å². The fraction of sp³-hybridized carbons (Fsp3) is 0.667. The SMILES string of the molecule is CC(C)NC(=O)[C@@H]1CC[C@@H]2[C@@H](CCN2c2ncc(F)cn2)O1. The Kier molecular flexibility index (Phi) is 4.24. The van der Waals surface area contributed by atoms with Crippen molar-refractivity contribution in [2.75, 3.05) is 11.4 Å². The molecular formula is C15H21FN4O2. The molecule has 1 aromatic rings. The number of rotatable bonds is 3. The lowest BCUT2D eigenvalue weighted by atomic mass is 9.98. The van der Waals surface area contributed by atoms with Gasteiger partial charge in [-0.3, -0.25) is 4.79 Å². The van der Waals surface area contributed by atoms with E-state index in [2.05, 4.69) is 20.2 Å². The highest BCUT2D eigenvalue weighted by Gasteiger charge is 2.42. The summed E-state index contributed by atoms with van der Waals surface area (Å²) < 4.78 is 18.9. The molecule has 22 heavy (non-hydrogen) atoms. The number of nitrogens with zero attached hydrogens (tertiary/aromatic N) is 3. The van der Waals surface area contributed by atoms with E-state index in [-0.39, 0.29) is 30.2 Å². The Hall–Kier alpha value is -1.76. The number of halogens is 1. The van der Waals surface area contributed by atoms with Crippen LogP contribution in [-0.2, 0) is 9.53 Å². The number of amides is 1. The van der Waals surface area contributed by atoms with Crippen LogP contribution in [0.4, 0.5) is 10.3 Å². The van der Waals surface area contributed by atoms with Crippen molar-refractivity contribution < 1.29 is 13.9 Å². The maximum absolute atomic E-state index is 12.9. The molecule has 1 aromatic heterocycles. The molecule has 0 spiro atoms. The second-order valence-electron chi connectivity index (χ2n) is 6.15. The van der Waals surface area contributed by atoms with Gasteiger partial charge in [0.2, 0.25) is 11.9 Å². The summed E-state index contributed by atoms with van der Waals surface area (Å²) in [5.74, 6) is 0.0531. The molecular weight excluding hydrogens is 287 g/mol. The molecule has 2 aliphatic heterocycles. The molecule has 3 atom stereocenters. The van der Waals surface area contributed by atoms with E-state index in [1.54, 1.807) is 0 Å². The van der Waals surface area contributed by atoms with Gasteiger partial charge in [0.1, 0.15) is 6.10 Å². The standard InChI is InChI=1S/C15H21FN4O2/c1-9(2)19-14(21)13-4-3-11-12(22-13)5-6-20(11)15-17-7-10(16)8-18-15/h7-9,11-13H,3-6H2,1-2H3,(H,19,21)/t11-,12-,13+/m1/s1. The van der Waals surface area contributed by atoms with Crippen molar-refractivity contribution in [2.24, 2.45) is 0 Å². The first kappa shape index (κ1) is 15.1. The Morgan fingerprint density at radius 1 is 1.36 bits per heavy atom. The second-order valence-corrected chi connectivity index (χ2v) is 6.15. The average Bonchev–Trinajstić information content (AvgIpc) is 2.90. The molecule has 3 heterocycles. The number of hydrogen-bond acceptors (Lipinski definition) is 5. The molecule has 0 bridgehead atoms. The average molecular weight is 308 g/mol. The van der Waals surface area contributed by atoms with Crippen LogP contribution in [0.15, 0.2) is 12.4 Å². The summed E-state index contributed by atoms with van der Waals surface area (Å²) in [5, 5.41) is 2.90. The van der Waals surface area contributed by atoms with E-state index in [1.807, 2.05) is 13.8 Å².